The van der Waals surface area contributed by atoms with Gasteiger partial charge in [0.25, 0.3) is 5.91 Å². The lowest BCUT2D eigenvalue weighted by atomic mass is 9.95. The highest BCUT2D eigenvalue weighted by atomic mass is 35.5. The molecule has 0 spiro atoms. The lowest BCUT2D eigenvalue weighted by Crippen LogP contribution is -2.41. The average Bonchev–Trinajstić information content (AvgIpc) is 3.18. The Morgan fingerprint density at radius 3 is 2.58 bits per heavy atom. The average molecular weight is 471 g/mol. The van der Waals surface area contributed by atoms with E-state index in [9.17, 15) is 9.59 Å². The third-order valence-corrected chi connectivity index (χ3v) is 6.17. The van der Waals surface area contributed by atoms with Crippen LogP contribution in [0.5, 0.6) is 5.75 Å². The number of benzene rings is 1. The van der Waals surface area contributed by atoms with Crippen molar-refractivity contribution in [2.45, 2.75) is 32.7 Å². The van der Waals surface area contributed by atoms with Gasteiger partial charge in [-0.15, -0.1) is 0 Å². The van der Waals surface area contributed by atoms with Crippen molar-refractivity contribution in [2.75, 3.05) is 30.8 Å². The van der Waals surface area contributed by atoms with Gasteiger partial charge in [-0.1, -0.05) is 11.6 Å². The van der Waals surface area contributed by atoms with Gasteiger partial charge in [0.2, 0.25) is 11.7 Å². The molecule has 3 aromatic rings. The summed E-state index contributed by atoms with van der Waals surface area (Å²) in [6, 6.07) is 8.89. The molecule has 3 heterocycles. The second-order valence-corrected chi connectivity index (χ2v) is 8.81. The largest absolute Gasteiger partial charge is 0.497 e. The maximum absolute atomic E-state index is 13.1. The molecule has 33 heavy (non-hydrogen) atoms. The minimum atomic E-state index is -0.523. The minimum absolute atomic E-state index is 0.00275. The zero-order valence-electron chi connectivity index (χ0n) is 18.9. The Morgan fingerprint density at radius 2 is 1.94 bits per heavy atom. The molecular weight excluding hydrogens is 444 g/mol. The summed E-state index contributed by atoms with van der Waals surface area (Å²) in [5.41, 5.74) is 0.781. The number of amides is 2. The number of likely N-dealkylation sites (tertiary alicyclic amines) is 1. The second kappa shape index (κ2) is 9.80. The third-order valence-electron chi connectivity index (χ3n) is 5.95. The van der Waals surface area contributed by atoms with E-state index in [1.165, 1.54) is 6.20 Å². The quantitative estimate of drug-likeness (QED) is 0.537. The lowest BCUT2D eigenvalue weighted by molar-refractivity contribution is -0.121. The van der Waals surface area contributed by atoms with Crippen LogP contribution in [0.4, 0.5) is 11.5 Å². The summed E-state index contributed by atoms with van der Waals surface area (Å²) < 4.78 is 11.1. The molecule has 174 valence electrons. The van der Waals surface area contributed by atoms with Gasteiger partial charge in [0.15, 0.2) is 0 Å². The monoisotopic (exact) mass is 470 g/mol. The molecule has 1 aliphatic rings. The van der Waals surface area contributed by atoms with Crippen LogP contribution >= 0.6 is 11.6 Å². The smallest absolute Gasteiger partial charge is 0.294 e. The summed E-state index contributed by atoms with van der Waals surface area (Å²) in [5.74, 6) is 0.141. The summed E-state index contributed by atoms with van der Waals surface area (Å²) >= 11 is 5.87. The number of carbonyl (C=O) groups excluding carboxylic acids is 2. The number of pyridine rings is 1. The van der Waals surface area contributed by atoms with E-state index in [1.807, 2.05) is 0 Å². The van der Waals surface area contributed by atoms with E-state index in [4.69, 9.17) is 20.8 Å². The van der Waals surface area contributed by atoms with Gasteiger partial charge in [0.05, 0.1) is 12.1 Å². The minimum Gasteiger partial charge on any atom is -0.497 e. The molecule has 0 atom stereocenters. The van der Waals surface area contributed by atoms with Crippen LogP contribution in [-0.4, -0.2) is 47.9 Å². The van der Waals surface area contributed by atoms with Crippen LogP contribution < -0.4 is 15.4 Å². The summed E-state index contributed by atoms with van der Waals surface area (Å²) in [7, 11) is 1.55. The van der Waals surface area contributed by atoms with E-state index in [1.54, 1.807) is 37.4 Å². The number of nitrogens with one attached hydrogen (secondary N) is 2. The first-order valence-electron chi connectivity index (χ1n) is 10.9. The van der Waals surface area contributed by atoms with E-state index in [0.29, 0.717) is 39.3 Å². The van der Waals surface area contributed by atoms with Gasteiger partial charge in [0, 0.05) is 29.6 Å². The van der Waals surface area contributed by atoms with Crippen LogP contribution in [-0.2, 0) is 4.79 Å². The number of furan rings is 1. The molecule has 1 fully saturated rings. The number of hydrogen-bond acceptors (Lipinski definition) is 6. The van der Waals surface area contributed by atoms with Crippen LogP contribution in [0.3, 0.4) is 0 Å². The van der Waals surface area contributed by atoms with Crippen LogP contribution in [0.2, 0.25) is 5.02 Å². The molecule has 2 N–H and O–H groups in total. The SMILES string of the molecule is COc1ccc2c(NC(=O)C3CCN(C(C)C)CC3)c(C(=O)Nc3ccc(Cl)cn3)oc2c1. The summed E-state index contributed by atoms with van der Waals surface area (Å²) in [6.45, 7) is 6.06. The van der Waals surface area contributed by atoms with E-state index >= 15 is 0 Å². The number of carbonyl (C=O) groups is 2. The Balaban J connectivity index is 1.60. The number of methoxy groups -OCH3 is 1. The van der Waals surface area contributed by atoms with Crippen LogP contribution in [0, 0.1) is 5.92 Å². The number of rotatable bonds is 6. The van der Waals surface area contributed by atoms with E-state index in [2.05, 4.69) is 34.4 Å². The van der Waals surface area contributed by atoms with Crippen LogP contribution in [0.1, 0.15) is 37.2 Å². The summed E-state index contributed by atoms with van der Waals surface area (Å²) in [5, 5.41) is 6.74. The van der Waals surface area contributed by atoms with Crippen molar-refractivity contribution in [1.29, 1.82) is 0 Å². The molecule has 0 unspecified atom stereocenters. The number of hydrogen-bond donors (Lipinski definition) is 2. The van der Waals surface area contributed by atoms with Gasteiger partial charge in [-0.3, -0.25) is 9.59 Å². The van der Waals surface area contributed by atoms with E-state index < -0.39 is 5.91 Å². The Kier molecular flexibility index (Phi) is 6.85. The number of halogens is 1. The molecule has 0 aliphatic carbocycles. The predicted molar refractivity (Wildman–Crippen MR) is 128 cm³/mol. The zero-order chi connectivity index (χ0) is 23.5. The maximum Gasteiger partial charge on any atom is 0.294 e. The number of anilines is 2. The molecular formula is C24H27ClN4O4. The van der Waals surface area contributed by atoms with Gasteiger partial charge < -0.3 is 24.7 Å². The lowest BCUT2D eigenvalue weighted by Gasteiger charge is -2.33. The molecule has 0 radical (unpaired) electrons. The highest BCUT2D eigenvalue weighted by Gasteiger charge is 2.29. The number of piperidine rings is 1. The van der Waals surface area contributed by atoms with E-state index in [0.717, 1.165) is 25.9 Å². The van der Waals surface area contributed by atoms with Crippen molar-refractivity contribution in [3.63, 3.8) is 0 Å². The number of ether oxygens (including phenoxy) is 1. The fourth-order valence-corrected chi connectivity index (χ4v) is 4.13. The molecule has 8 nitrogen and oxygen atoms in total. The molecule has 9 heteroatoms. The van der Waals surface area contributed by atoms with Gasteiger partial charge in [-0.25, -0.2) is 4.98 Å². The number of aromatic nitrogens is 1. The molecule has 1 aliphatic heterocycles. The van der Waals surface area contributed by atoms with Crippen LogP contribution in [0.15, 0.2) is 40.9 Å². The second-order valence-electron chi connectivity index (χ2n) is 8.38. The van der Waals surface area contributed by atoms with Crippen molar-refractivity contribution >= 4 is 45.9 Å². The fraction of sp³-hybridized carbons (Fsp3) is 0.375. The summed E-state index contributed by atoms with van der Waals surface area (Å²) in [4.78, 5) is 32.6. The molecule has 1 aromatic carbocycles. The topological polar surface area (TPSA) is 96.7 Å². The first-order chi connectivity index (χ1) is 15.9. The van der Waals surface area contributed by atoms with Gasteiger partial charge in [0.1, 0.15) is 22.8 Å². The Labute approximate surface area is 197 Å². The van der Waals surface area contributed by atoms with E-state index in [-0.39, 0.29) is 17.6 Å². The highest BCUT2D eigenvalue weighted by Crippen LogP contribution is 2.35. The molecule has 1 saturated heterocycles. The summed E-state index contributed by atoms with van der Waals surface area (Å²) in [6.07, 6.45) is 2.97. The molecule has 0 bridgehead atoms. The van der Waals surface area contributed by atoms with Crippen LogP contribution in [0.25, 0.3) is 11.0 Å². The first kappa shape index (κ1) is 23.1. The molecule has 0 saturated carbocycles. The van der Waals surface area contributed by atoms with Crippen molar-refractivity contribution in [3.05, 3.63) is 47.3 Å². The van der Waals surface area contributed by atoms with Gasteiger partial charge in [-0.2, -0.15) is 0 Å². The standard InChI is InChI=1S/C24H27ClN4O4/c1-14(2)29-10-8-15(9-11-29)23(30)28-21-18-6-5-17(32-3)12-19(18)33-22(21)24(31)27-20-7-4-16(25)13-26-20/h4-7,12-15H,8-11H2,1-3H3,(H,28,30)(H,26,27,31). The maximum atomic E-state index is 13.1. The van der Waals surface area contributed by atoms with Gasteiger partial charge in [-0.05, 0) is 64.0 Å². The fourth-order valence-electron chi connectivity index (χ4n) is 4.01. The Morgan fingerprint density at radius 1 is 1.18 bits per heavy atom. The third kappa shape index (κ3) is 5.12. The number of nitrogens with zero attached hydrogens (tertiary/aromatic N) is 2. The van der Waals surface area contributed by atoms with Gasteiger partial charge >= 0.3 is 0 Å². The van der Waals surface area contributed by atoms with Crippen molar-refractivity contribution in [1.82, 2.24) is 9.88 Å². The normalized spacial score (nSPS) is 15.1. The van der Waals surface area contributed by atoms with Crippen molar-refractivity contribution < 1.29 is 18.7 Å². The molecule has 4 rings (SSSR count). The predicted octanol–water partition coefficient (Wildman–Crippen LogP) is 4.80. The number of fused-ring (bicyclic) bond motifs is 1. The van der Waals surface area contributed by atoms with Crippen molar-refractivity contribution in [3.8, 4) is 5.75 Å². The Hall–Kier alpha value is -3.10. The Bertz CT molecular complexity index is 1150. The molecule has 2 aromatic heterocycles. The first-order valence-corrected chi connectivity index (χ1v) is 11.3. The highest BCUT2D eigenvalue weighted by molar-refractivity contribution is 6.30. The van der Waals surface area contributed by atoms with Crippen molar-refractivity contribution in [2.24, 2.45) is 5.92 Å². The molecule has 2 amide bonds. The zero-order valence-corrected chi connectivity index (χ0v) is 19.6.